The number of carbonyl (C=O) groups is 1. The molecule has 0 aromatic heterocycles. The largest absolute Gasteiger partial charge is 0.508 e. The van der Waals surface area contributed by atoms with Gasteiger partial charge in [0.2, 0.25) is 0 Å². The van der Waals surface area contributed by atoms with E-state index < -0.39 is 11.3 Å². The summed E-state index contributed by atoms with van der Waals surface area (Å²) in [5.74, 6) is 0.414. The van der Waals surface area contributed by atoms with E-state index in [0.717, 1.165) is 49.0 Å². The van der Waals surface area contributed by atoms with Gasteiger partial charge >= 0.3 is 0 Å². The van der Waals surface area contributed by atoms with Gasteiger partial charge in [0.25, 0.3) is 17.7 Å². The van der Waals surface area contributed by atoms with E-state index in [9.17, 15) is 18.7 Å². The highest BCUT2D eigenvalue weighted by molar-refractivity contribution is 6.11. The van der Waals surface area contributed by atoms with Crippen LogP contribution >= 0.6 is 0 Å². The quantitative estimate of drug-likeness (QED) is 0.223. The third-order valence-corrected chi connectivity index (χ3v) is 9.66. The molecule has 4 aliphatic rings. The number of halogens is 2. The predicted molar refractivity (Wildman–Crippen MR) is 168 cm³/mol. The highest BCUT2D eigenvalue weighted by Crippen LogP contribution is 2.61. The Bertz CT molecular complexity index is 1680. The lowest BCUT2D eigenvalue weighted by molar-refractivity contribution is 0.0156. The molecule has 6 rings (SSSR count). The van der Waals surface area contributed by atoms with E-state index in [-0.39, 0.29) is 43.0 Å². The minimum absolute atomic E-state index is 0.00355. The second-order valence-electron chi connectivity index (χ2n) is 13.2. The standard InChI is InChI=1S/C36H39F2N3O3/c1-5-24-11-9-12-25-16-27(42)17-29(32(24)25)34(43)41-18-26-14-15-31(44-22-35(21-40(3)4)20-36(35,37)38)39-33(30(26)19-41)28-13-8-6-7-10-23(28)2/h1,9,11-12,14,16-17,23,28,42H,6-8,10,13,18-22H2,2-4H3/t23-,28?,35?/m1/s1. The zero-order valence-electron chi connectivity index (χ0n) is 25.6. The summed E-state index contributed by atoms with van der Waals surface area (Å²) in [5.41, 5.74) is 5.61. The lowest BCUT2D eigenvalue weighted by Gasteiger charge is -2.26. The number of ether oxygens (including phenoxy) is 1. The molecule has 2 heterocycles. The summed E-state index contributed by atoms with van der Waals surface area (Å²) in [6.45, 7) is 3.00. The zero-order valence-corrected chi connectivity index (χ0v) is 25.6. The lowest BCUT2D eigenvalue weighted by atomic mass is 9.82. The zero-order chi connectivity index (χ0) is 31.2. The molecule has 1 amide bonds. The van der Waals surface area contributed by atoms with Gasteiger partial charge in [-0.3, -0.25) is 4.79 Å². The molecule has 3 atom stereocenters. The Balaban J connectivity index is 1.33. The molecular formula is C36H39F2N3O3. The van der Waals surface area contributed by atoms with Crippen LogP contribution in [0.5, 0.6) is 5.75 Å². The summed E-state index contributed by atoms with van der Waals surface area (Å²) in [7, 11) is 3.58. The van der Waals surface area contributed by atoms with Gasteiger partial charge in [0.1, 0.15) is 12.4 Å². The summed E-state index contributed by atoms with van der Waals surface area (Å²) in [6, 6.07) is 8.53. The molecule has 2 saturated carbocycles. The average molecular weight is 600 g/mol. The molecule has 44 heavy (non-hydrogen) atoms. The first-order chi connectivity index (χ1) is 21.0. The number of carbonyl (C=O) groups excluding carboxylic acids is 1. The van der Waals surface area contributed by atoms with Crippen molar-refractivity contribution in [3.8, 4) is 18.1 Å². The second kappa shape index (κ2) is 11.5. The van der Waals surface area contributed by atoms with Crippen LogP contribution in [0.1, 0.15) is 61.4 Å². The molecule has 2 aromatic carbocycles. The first-order valence-corrected chi connectivity index (χ1v) is 15.5. The molecule has 8 heteroatoms. The van der Waals surface area contributed by atoms with Crippen LogP contribution in [0.4, 0.5) is 8.78 Å². The number of phenols is 1. The topological polar surface area (TPSA) is 65.4 Å². The Morgan fingerprint density at radius 3 is 2.73 bits per heavy atom. The first kappa shape index (κ1) is 30.1. The maximum atomic E-state index is 14.5. The minimum atomic E-state index is -2.77. The average Bonchev–Trinajstić information content (AvgIpc) is 3.44. The molecule has 2 aromatic rings. The molecule has 2 aliphatic heterocycles. The van der Waals surface area contributed by atoms with Gasteiger partial charge in [0.15, 0.2) is 0 Å². The maximum absolute atomic E-state index is 14.5. The first-order valence-electron chi connectivity index (χ1n) is 15.5. The normalized spacial score (nSPS) is 26.1. The van der Waals surface area contributed by atoms with Crippen molar-refractivity contribution in [2.24, 2.45) is 22.2 Å². The number of hydrogen-bond acceptors (Lipinski definition) is 5. The van der Waals surface area contributed by atoms with E-state index in [1.165, 1.54) is 6.07 Å². The van der Waals surface area contributed by atoms with E-state index in [0.29, 0.717) is 40.9 Å². The van der Waals surface area contributed by atoms with Gasteiger partial charge in [-0.2, -0.15) is 0 Å². The van der Waals surface area contributed by atoms with Gasteiger partial charge in [-0.25, -0.2) is 13.8 Å². The molecule has 6 nitrogen and oxygen atoms in total. The molecular weight excluding hydrogens is 560 g/mol. The van der Waals surface area contributed by atoms with Gasteiger partial charge < -0.3 is 19.6 Å². The fourth-order valence-electron chi connectivity index (χ4n) is 7.25. The molecule has 0 saturated heterocycles. The summed E-state index contributed by atoms with van der Waals surface area (Å²) < 4.78 is 35.0. The van der Waals surface area contributed by atoms with Gasteiger partial charge in [-0.15, -0.1) is 6.42 Å². The van der Waals surface area contributed by atoms with Gasteiger partial charge in [-0.1, -0.05) is 56.4 Å². The number of fused-ring (bicyclic) bond motifs is 1. The lowest BCUT2D eigenvalue weighted by Crippen LogP contribution is -2.32. The number of alkyl halides is 2. The SMILES string of the molecule is C#Cc1cccc2cc(O)cc(C(=O)N3CC4=C(C3)C(C3CCCCC[C@H]3C)=NC(OCC3(CN(C)C)CC3(F)F)=C=C4)c12. The van der Waals surface area contributed by atoms with Gasteiger partial charge in [-0.05, 0) is 67.2 Å². The van der Waals surface area contributed by atoms with E-state index in [4.69, 9.17) is 16.2 Å². The third kappa shape index (κ3) is 5.56. The highest BCUT2D eigenvalue weighted by atomic mass is 19.3. The van der Waals surface area contributed by atoms with E-state index in [2.05, 4.69) is 18.6 Å². The smallest absolute Gasteiger partial charge is 0.260 e. The molecule has 2 aliphatic carbocycles. The van der Waals surface area contributed by atoms with Crippen LogP contribution < -0.4 is 0 Å². The van der Waals surface area contributed by atoms with Crippen LogP contribution in [-0.4, -0.2) is 72.8 Å². The molecule has 2 unspecified atom stereocenters. The third-order valence-electron chi connectivity index (χ3n) is 9.66. The van der Waals surface area contributed by atoms with Gasteiger partial charge in [0, 0.05) is 42.9 Å². The fraction of sp³-hybridized carbons (Fsp3) is 0.472. The number of aromatic hydroxyl groups is 1. The molecule has 230 valence electrons. The molecule has 0 bridgehead atoms. The van der Waals surface area contributed by atoms with Crippen molar-refractivity contribution >= 4 is 22.4 Å². The Hall–Kier alpha value is -3.92. The van der Waals surface area contributed by atoms with Crippen LogP contribution in [0.3, 0.4) is 0 Å². The summed E-state index contributed by atoms with van der Waals surface area (Å²) in [4.78, 5) is 22.6. The van der Waals surface area contributed by atoms with Crippen LogP contribution in [0.2, 0.25) is 0 Å². The van der Waals surface area contributed by atoms with E-state index in [1.54, 1.807) is 42.1 Å². The second-order valence-corrected chi connectivity index (χ2v) is 13.2. The molecule has 1 N–H and O–H groups in total. The fourth-order valence-corrected chi connectivity index (χ4v) is 7.25. The Labute approximate surface area is 257 Å². The Kier molecular flexibility index (Phi) is 7.90. The Morgan fingerprint density at radius 1 is 1.23 bits per heavy atom. The number of benzene rings is 2. The number of aliphatic imine (C=N–C) groups is 1. The summed E-state index contributed by atoms with van der Waals surface area (Å²) >= 11 is 0. The van der Waals surface area contributed by atoms with Crippen molar-refractivity contribution in [3.63, 3.8) is 0 Å². The van der Waals surface area contributed by atoms with Crippen LogP contribution in [-0.2, 0) is 4.74 Å². The Morgan fingerprint density at radius 2 is 2.00 bits per heavy atom. The maximum Gasteiger partial charge on any atom is 0.260 e. The monoisotopic (exact) mass is 599 g/mol. The van der Waals surface area contributed by atoms with Crippen LogP contribution in [0, 0.1) is 29.6 Å². The number of hydrogen-bond donors (Lipinski definition) is 1. The summed E-state index contributed by atoms with van der Waals surface area (Å²) in [5, 5.41) is 11.8. The number of nitrogens with zero attached hydrogens (tertiary/aromatic N) is 3. The van der Waals surface area contributed by atoms with Crippen molar-refractivity contribution in [2.45, 2.75) is 51.4 Å². The van der Waals surface area contributed by atoms with Crippen molar-refractivity contribution in [2.75, 3.05) is 40.3 Å². The van der Waals surface area contributed by atoms with Crippen molar-refractivity contribution < 1.29 is 23.4 Å². The number of terminal acetylenes is 1. The molecule has 2 fully saturated rings. The minimum Gasteiger partial charge on any atom is -0.508 e. The summed E-state index contributed by atoms with van der Waals surface area (Å²) in [6.07, 6.45) is 12.8. The number of amides is 1. The van der Waals surface area contributed by atoms with Crippen LogP contribution in [0.25, 0.3) is 10.8 Å². The highest BCUT2D eigenvalue weighted by Gasteiger charge is 2.71. The number of phenolic OH excluding ortho intramolecular Hbond substituents is 1. The van der Waals surface area contributed by atoms with E-state index in [1.807, 2.05) is 12.1 Å². The van der Waals surface area contributed by atoms with Crippen molar-refractivity contribution in [1.29, 1.82) is 0 Å². The van der Waals surface area contributed by atoms with Gasteiger partial charge in [0.05, 0.1) is 16.7 Å². The van der Waals surface area contributed by atoms with E-state index >= 15 is 0 Å². The molecule has 0 spiro atoms. The van der Waals surface area contributed by atoms with Crippen molar-refractivity contribution in [1.82, 2.24) is 9.80 Å². The van der Waals surface area contributed by atoms with Crippen molar-refractivity contribution in [3.05, 3.63) is 70.3 Å². The van der Waals surface area contributed by atoms with Crippen LogP contribution in [0.15, 0.2) is 64.2 Å². The predicted octanol–water partition coefficient (Wildman–Crippen LogP) is 6.55. The molecule has 0 radical (unpaired) electrons. The number of rotatable bonds is 7.